The van der Waals surface area contributed by atoms with E-state index in [0.717, 1.165) is 6.26 Å². The SMILES string of the molecule is CC[C@]1(C)OC2(OC[C@H](COP(=O)(O)OCC[N+](C)(C)C)O2)C(OC(C)C)=C1c1ccc(S(C)(=O)=O)cc1. The second-order valence-electron chi connectivity index (χ2n) is 11.1. The summed E-state index contributed by atoms with van der Waals surface area (Å²) in [6.07, 6.45) is 0.685. The molecule has 0 bridgehead atoms. The number of hydrogen-bond acceptors (Lipinski definition) is 9. The van der Waals surface area contributed by atoms with Crippen LogP contribution in [0, 0.1) is 0 Å². The third-order valence-electron chi connectivity index (χ3n) is 6.21. The molecule has 0 amide bonds. The molecular formula is C25H41NO10PS+. The Balaban J connectivity index is 1.85. The fourth-order valence-corrected chi connectivity index (χ4v) is 5.47. The van der Waals surface area contributed by atoms with Gasteiger partial charge in [-0.05, 0) is 44.9 Å². The van der Waals surface area contributed by atoms with Crippen molar-refractivity contribution in [2.75, 3.05) is 53.8 Å². The predicted molar refractivity (Wildman–Crippen MR) is 141 cm³/mol. The number of phosphoric acid groups is 1. The summed E-state index contributed by atoms with van der Waals surface area (Å²) in [4.78, 5) is 10.3. The van der Waals surface area contributed by atoms with E-state index in [4.69, 9.17) is 28.0 Å². The quantitative estimate of drug-likeness (QED) is 0.291. The van der Waals surface area contributed by atoms with Crippen LogP contribution in [0.15, 0.2) is 34.9 Å². The third-order valence-corrected chi connectivity index (χ3v) is 8.33. The molecule has 2 unspecified atom stereocenters. The summed E-state index contributed by atoms with van der Waals surface area (Å²) in [6.45, 7) is 7.88. The van der Waals surface area contributed by atoms with E-state index in [1.807, 2.05) is 48.8 Å². The van der Waals surface area contributed by atoms with Gasteiger partial charge >= 0.3 is 13.8 Å². The lowest BCUT2D eigenvalue weighted by Crippen LogP contribution is -2.39. The third kappa shape index (κ3) is 7.44. The summed E-state index contributed by atoms with van der Waals surface area (Å²) in [5, 5.41) is 0. The van der Waals surface area contributed by atoms with Crippen molar-refractivity contribution in [2.24, 2.45) is 0 Å². The highest BCUT2D eigenvalue weighted by atomic mass is 32.2. The van der Waals surface area contributed by atoms with E-state index in [1.165, 1.54) is 12.1 Å². The first-order valence-electron chi connectivity index (χ1n) is 12.6. The molecule has 0 aromatic heterocycles. The molecule has 38 heavy (non-hydrogen) atoms. The molecule has 2 heterocycles. The molecule has 0 aliphatic carbocycles. The van der Waals surface area contributed by atoms with Gasteiger partial charge in [0.2, 0.25) is 0 Å². The van der Waals surface area contributed by atoms with Crippen LogP contribution < -0.4 is 0 Å². The van der Waals surface area contributed by atoms with Crippen LogP contribution in [-0.2, 0) is 42.4 Å². The number of benzene rings is 1. The van der Waals surface area contributed by atoms with Crippen LogP contribution in [0.1, 0.15) is 39.7 Å². The average Bonchev–Trinajstić information content (AvgIpc) is 3.29. The van der Waals surface area contributed by atoms with Crippen LogP contribution in [0.3, 0.4) is 0 Å². The van der Waals surface area contributed by atoms with E-state index >= 15 is 0 Å². The number of likely N-dealkylation sites (N-methyl/N-ethyl adjacent to an activating group) is 1. The van der Waals surface area contributed by atoms with E-state index in [1.54, 1.807) is 12.1 Å². The molecule has 0 saturated carbocycles. The van der Waals surface area contributed by atoms with Crippen molar-refractivity contribution in [1.29, 1.82) is 0 Å². The largest absolute Gasteiger partial charge is 0.487 e. The molecule has 2 aliphatic heterocycles. The first kappa shape index (κ1) is 31.2. The Morgan fingerprint density at radius 1 is 1.18 bits per heavy atom. The number of phosphoric ester groups is 1. The zero-order valence-corrected chi connectivity index (χ0v) is 25.1. The zero-order chi connectivity index (χ0) is 28.6. The predicted octanol–water partition coefficient (Wildman–Crippen LogP) is 3.33. The Bertz CT molecular complexity index is 1180. The second kappa shape index (κ2) is 11.3. The lowest BCUT2D eigenvalue weighted by Gasteiger charge is -2.30. The van der Waals surface area contributed by atoms with E-state index in [0.29, 0.717) is 34.3 Å². The number of nitrogens with zero attached hydrogens (tertiary/aromatic N) is 1. The van der Waals surface area contributed by atoms with Crippen molar-refractivity contribution in [3.63, 3.8) is 0 Å². The van der Waals surface area contributed by atoms with E-state index in [2.05, 4.69) is 0 Å². The standard InChI is InChI=1S/C25H40NO10PS/c1-9-24(4)22(19-10-12-21(13-11-19)38(8,29)30)23(34-18(2)3)25(36-24)31-16-20(35-25)17-33-37(27,28)32-15-14-26(5,6)7/h10-13,18,20H,9,14-17H2,1-8H3/p+1/t20-,24+,25?/m1/s1. The normalized spacial score (nSPS) is 27.9. The van der Waals surface area contributed by atoms with Gasteiger partial charge in [0, 0.05) is 11.8 Å². The van der Waals surface area contributed by atoms with Gasteiger partial charge in [-0.25, -0.2) is 13.0 Å². The molecule has 1 saturated heterocycles. The summed E-state index contributed by atoms with van der Waals surface area (Å²) < 4.78 is 72.0. The van der Waals surface area contributed by atoms with E-state index in [-0.39, 0.29) is 30.8 Å². The van der Waals surface area contributed by atoms with Gasteiger partial charge in [0.25, 0.3) is 0 Å². The van der Waals surface area contributed by atoms with Crippen molar-refractivity contribution in [3.05, 3.63) is 35.6 Å². The van der Waals surface area contributed by atoms with Crippen LogP contribution in [0.2, 0.25) is 0 Å². The lowest BCUT2D eigenvalue weighted by atomic mass is 9.88. The van der Waals surface area contributed by atoms with Crippen LogP contribution in [0.25, 0.3) is 5.57 Å². The van der Waals surface area contributed by atoms with Gasteiger partial charge in [0.05, 0.1) is 45.4 Å². The molecule has 3 rings (SSSR count). The molecule has 216 valence electrons. The first-order valence-corrected chi connectivity index (χ1v) is 15.9. The summed E-state index contributed by atoms with van der Waals surface area (Å²) in [5.74, 6) is -1.38. The minimum Gasteiger partial charge on any atom is -0.487 e. The lowest BCUT2D eigenvalue weighted by molar-refractivity contribution is -0.870. The number of ether oxygens (including phenoxy) is 4. The Hall–Kier alpha value is -1.34. The monoisotopic (exact) mass is 578 g/mol. The highest BCUT2D eigenvalue weighted by molar-refractivity contribution is 7.90. The van der Waals surface area contributed by atoms with Gasteiger partial charge in [0.1, 0.15) is 24.9 Å². The molecule has 11 nitrogen and oxygen atoms in total. The fraction of sp³-hybridized carbons (Fsp3) is 0.680. The van der Waals surface area contributed by atoms with Gasteiger partial charge in [0.15, 0.2) is 15.6 Å². The maximum atomic E-state index is 12.4. The molecule has 2 aliphatic rings. The van der Waals surface area contributed by atoms with Crippen LogP contribution in [0.5, 0.6) is 0 Å². The number of hydrogen-bond donors (Lipinski definition) is 1. The molecule has 1 aromatic rings. The van der Waals surface area contributed by atoms with E-state index in [9.17, 15) is 17.9 Å². The minimum atomic E-state index is -4.30. The van der Waals surface area contributed by atoms with E-state index < -0.39 is 35.3 Å². The Labute approximate surface area is 225 Å². The fourth-order valence-electron chi connectivity index (χ4n) is 4.10. The first-order chi connectivity index (χ1) is 17.4. The average molecular weight is 579 g/mol. The van der Waals surface area contributed by atoms with Crippen LogP contribution >= 0.6 is 7.82 Å². The Kier molecular flexibility index (Phi) is 9.25. The van der Waals surface area contributed by atoms with Crippen molar-refractivity contribution in [3.8, 4) is 0 Å². The molecule has 1 spiro atoms. The van der Waals surface area contributed by atoms with Gasteiger partial charge in [-0.3, -0.25) is 9.05 Å². The minimum absolute atomic E-state index is 0.0178. The highest BCUT2D eigenvalue weighted by Gasteiger charge is 2.61. The van der Waals surface area contributed by atoms with Gasteiger partial charge in [-0.15, -0.1) is 0 Å². The maximum absolute atomic E-state index is 12.4. The van der Waals surface area contributed by atoms with Crippen molar-refractivity contribution in [2.45, 2.75) is 62.8 Å². The van der Waals surface area contributed by atoms with Crippen molar-refractivity contribution in [1.82, 2.24) is 0 Å². The Morgan fingerprint density at radius 3 is 2.34 bits per heavy atom. The summed E-state index contributed by atoms with van der Waals surface area (Å²) in [7, 11) is -1.83. The zero-order valence-electron chi connectivity index (χ0n) is 23.4. The second-order valence-corrected chi connectivity index (χ2v) is 14.5. The highest BCUT2D eigenvalue weighted by Crippen LogP contribution is 2.53. The molecule has 4 atom stereocenters. The summed E-state index contributed by atoms with van der Waals surface area (Å²) in [6, 6.07) is 6.49. The topological polar surface area (TPSA) is 127 Å². The maximum Gasteiger partial charge on any atom is 0.472 e. The Morgan fingerprint density at radius 2 is 1.82 bits per heavy atom. The molecule has 0 radical (unpaired) electrons. The summed E-state index contributed by atoms with van der Waals surface area (Å²) in [5.41, 5.74) is 0.478. The molecule has 13 heteroatoms. The van der Waals surface area contributed by atoms with Crippen molar-refractivity contribution < 1.29 is 50.4 Å². The number of sulfone groups is 1. The van der Waals surface area contributed by atoms with Crippen LogP contribution in [0.4, 0.5) is 0 Å². The van der Waals surface area contributed by atoms with Crippen molar-refractivity contribution >= 4 is 23.2 Å². The molecule has 1 aromatic carbocycles. The van der Waals surface area contributed by atoms with Gasteiger partial charge in [-0.2, -0.15) is 0 Å². The van der Waals surface area contributed by atoms with Gasteiger partial charge < -0.3 is 28.3 Å². The summed E-state index contributed by atoms with van der Waals surface area (Å²) >= 11 is 0. The number of quaternary nitrogens is 1. The molecule has 1 fully saturated rings. The number of rotatable bonds is 12. The van der Waals surface area contributed by atoms with Crippen LogP contribution in [-0.4, -0.2) is 95.3 Å². The molecule has 1 N–H and O–H groups in total. The molecular weight excluding hydrogens is 537 g/mol. The smallest absolute Gasteiger partial charge is 0.472 e. The van der Waals surface area contributed by atoms with Gasteiger partial charge in [-0.1, -0.05) is 19.1 Å².